The Bertz CT molecular complexity index is 1090. The standard InChI is InChI=1S/C21H25N7O4/c1-28-11-16(9-18(28)21(32)23-6-2-5-22)27-20(31)17-8-15(10-24-17)26-19(30)13-3-4-14(7-13)25-12-29/h4,7-12,24H,2-3,5-6,22H2,1H3,(H,23,32)(H,25,29)(H,26,30)(H,27,31). The third kappa shape index (κ3) is 5.52. The van der Waals surface area contributed by atoms with E-state index in [4.69, 9.17) is 5.73 Å². The summed E-state index contributed by atoms with van der Waals surface area (Å²) in [5.74, 6) is -1.01. The number of H-pyrrole nitrogens is 1. The molecule has 4 amide bonds. The molecule has 7 N–H and O–H groups in total. The molecule has 2 aromatic rings. The lowest BCUT2D eigenvalue weighted by Gasteiger charge is -2.04. The van der Waals surface area contributed by atoms with Crippen LogP contribution in [0.2, 0.25) is 0 Å². The third-order valence-electron chi connectivity index (χ3n) is 4.74. The van der Waals surface area contributed by atoms with E-state index in [9.17, 15) is 19.2 Å². The van der Waals surface area contributed by atoms with Gasteiger partial charge in [0.2, 0.25) is 6.41 Å². The molecular formula is C21H25N7O4. The van der Waals surface area contributed by atoms with Crippen molar-refractivity contribution >= 4 is 35.5 Å². The number of nitrogens with two attached hydrogens (primary N) is 1. The molecule has 0 aromatic carbocycles. The van der Waals surface area contributed by atoms with E-state index in [1.54, 1.807) is 36.0 Å². The van der Waals surface area contributed by atoms with Crippen molar-refractivity contribution in [1.82, 2.24) is 20.2 Å². The summed E-state index contributed by atoms with van der Waals surface area (Å²) in [6.45, 7) is 0.960. The van der Waals surface area contributed by atoms with Gasteiger partial charge in [-0.1, -0.05) is 6.08 Å². The van der Waals surface area contributed by atoms with Crippen LogP contribution in [0.15, 0.2) is 47.9 Å². The Morgan fingerprint density at radius 2 is 1.94 bits per heavy atom. The minimum absolute atomic E-state index is 0.236. The van der Waals surface area contributed by atoms with Gasteiger partial charge < -0.3 is 36.6 Å². The molecule has 0 spiro atoms. The average Bonchev–Trinajstić information content (AvgIpc) is 3.49. The third-order valence-corrected chi connectivity index (χ3v) is 4.74. The van der Waals surface area contributed by atoms with E-state index < -0.39 is 5.91 Å². The first-order valence-electron chi connectivity index (χ1n) is 9.98. The smallest absolute Gasteiger partial charge is 0.272 e. The normalized spacial score (nSPS) is 12.6. The van der Waals surface area contributed by atoms with Crippen molar-refractivity contribution in [3.8, 4) is 0 Å². The summed E-state index contributed by atoms with van der Waals surface area (Å²) in [4.78, 5) is 50.4. The lowest BCUT2D eigenvalue weighted by atomic mass is 10.2. The number of aromatic amines is 1. The van der Waals surface area contributed by atoms with Crippen molar-refractivity contribution in [2.24, 2.45) is 12.8 Å². The van der Waals surface area contributed by atoms with Crippen molar-refractivity contribution in [3.05, 3.63) is 59.3 Å². The fraction of sp³-hybridized carbons (Fsp3) is 0.238. The van der Waals surface area contributed by atoms with E-state index in [-0.39, 0.29) is 17.5 Å². The molecule has 2 heterocycles. The number of nitrogens with zero attached hydrogens (tertiary/aromatic N) is 1. The predicted octanol–water partition coefficient (Wildman–Crippen LogP) is 0.583. The Hall–Kier alpha value is -4.12. The van der Waals surface area contributed by atoms with Crippen LogP contribution < -0.4 is 27.0 Å². The highest BCUT2D eigenvalue weighted by atomic mass is 16.2. The highest BCUT2D eigenvalue weighted by Gasteiger charge is 2.17. The second-order valence-electron chi connectivity index (χ2n) is 7.13. The monoisotopic (exact) mass is 439 g/mol. The van der Waals surface area contributed by atoms with Gasteiger partial charge in [0.1, 0.15) is 11.4 Å². The molecule has 0 radical (unpaired) electrons. The topological polar surface area (TPSA) is 163 Å². The summed E-state index contributed by atoms with van der Waals surface area (Å²) in [5, 5.41) is 10.7. The molecule has 0 unspecified atom stereocenters. The van der Waals surface area contributed by atoms with Gasteiger partial charge in [0.15, 0.2) is 0 Å². The zero-order valence-electron chi connectivity index (χ0n) is 17.5. The van der Waals surface area contributed by atoms with Gasteiger partial charge in [-0.2, -0.15) is 0 Å². The van der Waals surface area contributed by atoms with Crippen molar-refractivity contribution in [1.29, 1.82) is 0 Å². The molecule has 0 fully saturated rings. The van der Waals surface area contributed by atoms with Crippen LogP contribution in [-0.4, -0.2) is 46.8 Å². The number of nitrogens with one attached hydrogen (secondary N) is 5. The molecular weight excluding hydrogens is 414 g/mol. The molecule has 2 aromatic heterocycles. The molecule has 1 aliphatic carbocycles. The van der Waals surface area contributed by atoms with Gasteiger partial charge in [0, 0.05) is 37.3 Å². The second kappa shape index (κ2) is 10.3. The maximum absolute atomic E-state index is 12.5. The van der Waals surface area contributed by atoms with Crippen LogP contribution in [0.1, 0.15) is 33.8 Å². The van der Waals surface area contributed by atoms with Gasteiger partial charge in [0.25, 0.3) is 17.7 Å². The van der Waals surface area contributed by atoms with Crippen molar-refractivity contribution in [2.75, 3.05) is 23.7 Å². The van der Waals surface area contributed by atoms with Gasteiger partial charge in [-0.15, -0.1) is 0 Å². The lowest BCUT2D eigenvalue weighted by molar-refractivity contribution is -0.113. The van der Waals surface area contributed by atoms with E-state index >= 15 is 0 Å². The van der Waals surface area contributed by atoms with Crippen LogP contribution >= 0.6 is 0 Å². The fourth-order valence-corrected chi connectivity index (χ4v) is 3.11. The molecule has 0 saturated carbocycles. The number of hydrogen-bond donors (Lipinski definition) is 6. The van der Waals surface area contributed by atoms with Crippen LogP contribution in [-0.2, 0) is 16.6 Å². The molecule has 3 rings (SSSR count). The Labute approximate surface area is 184 Å². The lowest BCUT2D eigenvalue weighted by Crippen LogP contribution is -2.27. The summed E-state index contributed by atoms with van der Waals surface area (Å²) in [6.07, 6.45) is 8.07. The molecule has 11 heteroatoms. The average molecular weight is 439 g/mol. The Kier molecular flexibility index (Phi) is 7.24. The number of hydrogen-bond acceptors (Lipinski definition) is 5. The van der Waals surface area contributed by atoms with E-state index in [0.717, 1.165) is 0 Å². The number of rotatable bonds is 10. The van der Waals surface area contributed by atoms with Crippen molar-refractivity contribution in [2.45, 2.75) is 12.8 Å². The Morgan fingerprint density at radius 3 is 2.69 bits per heavy atom. The first kappa shape index (κ1) is 22.6. The fourth-order valence-electron chi connectivity index (χ4n) is 3.11. The van der Waals surface area contributed by atoms with Crippen LogP contribution in [0.5, 0.6) is 0 Å². The number of carbonyl (C=O) groups excluding carboxylic acids is 4. The summed E-state index contributed by atoms with van der Waals surface area (Å²) in [7, 11) is 1.71. The molecule has 11 nitrogen and oxygen atoms in total. The molecule has 0 saturated heterocycles. The SMILES string of the molecule is Cn1cc(NC(=O)c2cc(NC(=O)C3=CC(NC=O)=CC3)c[nH]2)cc1C(=O)NCCCN. The Morgan fingerprint density at radius 1 is 1.16 bits per heavy atom. The first-order valence-corrected chi connectivity index (χ1v) is 9.98. The number of carbonyl (C=O) groups is 4. The number of amides is 4. The highest BCUT2D eigenvalue weighted by molar-refractivity contribution is 6.07. The van der Waals surface area contributed by atoms with E-state index in [0.29, 0.717) is 60.7 Å². The van der Waals surface area contributed by atoms with Gasteiger partial charge in [-0.05, 0) is 37.6 Å². The molecule has 168 valence electrons. The first-order chi connectivity index (χ1) is 15.4. The molecule has 32 heavy (non-hydrogen) atoms. The number of anilines is 2. The summed E-state index contributed by atoms with van der Waals surface area (Å²) in [6, 6.07) is 3.08. The van der Waals surface area contributed by atoms with Gasteiger partial charge >= 0.3 is 0 Å². The maximum Gasteiger partial charge on any atom is 0.272 e. The second-order valence-corrected chi connectivity index (χ2v) is 7.13. The molecule has 0 bridgehead atoms. The maximum atomic E-state index is 12.5. The van der Waals surface area contributed by atoms with Gasteiger partial charge in [-0.25, -0.2) is 0 Å². The highest BCUT2D eigenvalue weighted by Crippen LogP contribution is 2.19. The van der Waals surface area contributed by atoms with E-state index in [2.05, 4.69) is 26.3 Å². The largest absolute Gasteiger partial charge is 0.355 e. The molecule has 1 aliphatic rings. The number of allylic oxidation sites excluding steroid dienone is 2. The summed E-state index contributed by atoms with van der Waals surface area (Å²) in [5.41, 5.74) is 8.00. The van der Waals surface area contributed by atoms with Gasteiger partial charge in [0.05, 0.1) is 11.4 Å². The number of aromatic nitrogens is 2. The minimum atomic E-state index is -0.426. The van der Waals surface area contributed by atoms with Crippen molar-refractivity contribution in [3.63, 3.8) is 0 Å². The minimum Gasteiger partial charge on any atom is -0.355 e. The zero-order valence-corrected chi connectivity index (χ0v) is 17.5. The Balaban J connectivity index is 1.58. The summed E-state index contributed by atoms with van der Waals surface area (Å²) < 4.78 is 1.62. The quantitative estimate of drug-likeness (QED) is 0.235. The van der Waals surface area contributed by atoms with Crippen LogP contribution in [0.4, 0.5) is 11.4 Å². The zero-order chi connectivity index (χ0) is 23.1. The number of aryl methyl sites for hydroxylation is 1. The predicted molar refractivity (Wildman–Crippen MR) is 119 cm³/mol. The van der Waals surface area contributed by atoms with Crippen molar-refractivity contribution < 1.29 is 19.2 Å². The van der Waals surface area contributed by atoms with Crippen LogP contribution in [0, 0.1) is 0 Å². The van der Waals surface area contributed by atoms with Crippen LogP contribution in [0.25, 0.3) is 0 Å². The molecule has 0 aliphatic heterocycles. The van der Waals surface area contributed by atoms with Gasteiger partial charge in [-0.3, -0.25) is 19.2 Å². The van der Waals surface area contributed by atoms with E-state index in [1.165, 1.54) is 12.3 Å². The summed E-state index contributed by atoms with van der Waals surface area (Å²) >= 11 is 0. The molecule has 0 atom stereocenters. The van der Waals surface area contributed by atoms with E-state index in [1.807, 2.05) is 0 Å². The van der Waals surface area contributed by atoms with Crippen LogP contribution in [0.3, 0.4) is 0 Å².